The minimum atomic E-state index is -1.43. The van der Waals surface area contributed by atoms with E-state index in [1.165, 1.54) is 13.2 Å². The zero-order chi connectivity index (χ0) is 22.4. The first kappa shape index (κ1) is 21.0. The molecule has 7 heteroatoms. The summed E-state index contributed by atoms with van der Waals surface area (Å²) in [5.74, 6) is -0.477. The quantitative estimate of drug-likeness (QED) is 0.240. The van der Waals surface area contributed by atoms with E-state index in [0.29, 0.717) is 5.82 Å². The molecule has 0 saturated carbocycles. The molecule has 0 aliphatic rings. The number of nitrogens with one attached hydrogen (secondary N) is 1. The van der Waals surface area contributed by atoms with Gasteiger partial charge in [0.2, 0.25) is 6.04 Å². The molecule has 0 spiro atoms. The molecule has 0 aliphatic heterocycles. The molecule has 32 heavy (non-hydrogen) atoms. The van der Waals surface area contributed by atoms with Gasteiger partial charge in [-0.15, -0.1) is 4.91 Å². The third-order valence-electron chi connectivity index (χ3n) is 5.26. The van der Waals surface area contributed by atoms with E-state index in [1.807, 2.05) is 91.0 Å². The molecular formula is C25H21N3O4. The number of esters is 1. The predicted molar refractivity (Wildman–Crippen MR) is 120 cm³/mol. The Balaban J connectivity index is 1.88. The van der Waals surface area contributed by atoms with Crippen LogP contribution in [-0.2, 0) is 15.1 Å². The molecule has 1 N–H and O–H groups in total. The first-order valence-electron chi connectivity index (χ1n) is 10.0. The average molecular weight is 427 g/mol. The van der Waals surface area contributed by atoms with Crippen molar-refractivity contribution in [3.8, 4) is 0 Å². The standard InChI is InChI=1S/C25H21N3O4/c1-31-24(29)23(27-30)21-17-22(28-32-21)26-25(18-11-5-2-6-12-18,19-13-7-3-8-14-19)20-15-9-4-10-16-20/h2-17,23H,1H3,(H,26,28). The molecule has 1 aromatic heterocycles. The maximum Gasteiger partial charge on any atom is 0.342 e. The van der Waals surface area contributed by atoms with Crippen molar-refractivity contribution in [1.29, 1.82) is 0 Å². The van der Waals surface area contributed by atoms with E-state index in [0.717, 1.165) is 16.7 Å². The van der Waals surface area contributed by atoms with E-state index in [9.17, 15) is 9.70 Å². The number of aromatic nitrogens is 1. The number of nitroso groups, excluding NO2 is 1. The van der Waals surface area contributed by atoms with Gasteiger partial charge in [0.25, 0.3) is 0 Å². The molecule has 1 heterocycles. The van der Waals surface area contributed by atoms with Crippen molar-refractivity contribution in [1.82, 2.24) is 5.16 Å². The summed E-state index contributed by atoms with van der Waals surface area (Å²) in [6.45, 7) is 0. The smallest absolute Gasteiger partial charge is 0.342 e. The summed E-state index contributed by atoms with van der Waals surface area (Å²) in [7, 11) is 1.18. The van der Waals surface area contributed by atoms with Gasteiger partial charge in [0.15, 0.2) is 11.6 Å². The number of hydrogen-bond donors (Lipinski definition) is 1. The van der Waals surface area contributed by atoms with Crippen molar-refractivity contribution in [3.05, 3.63) is 124 Å². The Labute approximate surface area is 185 Å². The second kappa shape index (κ2) is 9.26. The number of benzene rings is 3. The highest BCUT2D eigenvalue weighted by molar-refractivity contribution is 5.77. The predicted octanol–water partition coefficient (Wildman–Crippen LogP) is 5.06. The fraction of sp³-hybridized carbons (Fsp3) is 0.120. The first-order valence-corrected chi connectivity index (χ1v) is 10.0. The monoisotopic (exact) mass is 427 g/mol. The lowest BCUT2D eigenvalue weighted by atomic mass is 9.77. The van der Waals surface area contributed by atoms with Gasteiger partial charge >= 0.3 is 5.97 Å². The number of rotatable bonds is 8. The second-order valence-electron chi connectivity index (χ2n) is 7.12. The highest BCUT2D eigenvalue weighted by atomic mass is 16.5. The van der Waals surface area contributed by atoms with Crippen LogP contribution in [0, 0.1) is 4.91 Å². The first-order chi connectivity index (χ1) is 15.7. The Bertz CT molecular complexity index is 1080. The molecule has 7 nitrogen and oxygen atoms in total. The summed E-state index contributed by atoms with van der Waals surface area (Å²) >= 11 is 0. The Hall–Kier alpha value is -4.26. The van der Waals surface area contributed by atoms with Crippen molar-refractivity contribution < 1.29 is 14.1 Å². The van der Waals surface area contributed by atoms with Gasteiger partial charge in [0.1, 0.15) is 5.54 Å². The van der Waals surface area contributed by atoms with Crippen molar-refractivity contribution in [2.75, 3.05) is 12.4 Å². The molecule has 0 radical (unpaired) electrons. The minimum absolute atomic E-state index is 0.00237. The van der Waals surface area contributed by atoms with Gasteiger partial charge in [0, 0.05) is 6.07 Å². The van der Waals surface area contributed by atoms with E-state index in [1.54, 1.807) is 0 Å². The zero-order valence-corrected chi connectivity index (χ0v) is 17.3. The van der Waals surface area contributed by atoms with Gasteiger partial charge in [-0.3, -0.25) is 0 Å². The Morgan fingerprint density at radius 1 is 0.906 bits per heavy atom. The third kappa shape index (κ3) is 3.88. The summed E-state index contributed by atoms with van der Waals surface area (Å²) in [4.78, 5) is 23.1. The minimum Gasteiger partial charge on any atom is -0.467 e. The van der Waals surface area contributed by atoms with Gasteiger partial charge in [-0.2, -0.15) is 0 Å². The van der Waals surface area contributed by atoms with Crippen LogP contribution in [0.2, 0.25) is 0 Å². The number of carbonyl (C=O) groups excluding carboxylic acids is 1. The second-order valence-corrected chi connectivity index (χ2v) is 7.12. The maximum atomic E-state index is 11.9. The van der Waals surface area contributed by atoms with Crippen molar-refractivity contribution in [2.45, 2.75) is 11.6 Å². The summed E-state index contributed by atoms with van der Waals surface area (Å²) in [5.41, 5.74) is 2.09. The highest BCUT2D eigenvalue weighted by Gasteiger charge is 2.37. The third-order valence-corrected chi connectivity index (χ3v) is 5.26. The van der Waals surface area contributed by atoms with E-state index in [4.69, 9.17) is 4.52 Å². The Morgan fingerprint density at radius 3 is 1.78 bits per heavy atom. The maximum absolute atomic E-state index is 11.9. The van der Waals surface area contributed by atoms with Crippen LogP contribution in [0.3, 0.4) is 0 Å². The lowest BCUT2D eigenvalue weighted by Gasteiger charge is -2.36. The van der Waals surface area contributed by atoms with Gasteiger partial charge in [-0.05, 0) is 21.9 Å². The summed E-state index contributed by atoms with van der Waals surface area (Å²) in [6.07, 6.45) is 0. The molecular weight excluding hydrogens is 406 g/mol. The Morgan fingerprint density at radius 2 is 1.38 bits per heavy atom. The lowest BCUT2D eigenvalue weighted by Crippen LogP contribution is -2.38. The van der Waals surface area contributed by atoms with Gasteiger partial charge in [-0.25, -0.2) is 4.79 Å². The topological polar surface area (TPSA) is 93.8 Å². The number of nitrogens with zero attached hydrogens (tertiary/aromatic N) is 2. The van der Waals surface area contributed by atoms with Crippen LogP contribution in [0.5, 0.6) is 0 Å². The molecule has 160 valence electrons. The van der Waals surface area contributed by atoms with E-state index in [-0.39, 0.29) is 5.76 Å². The molecule has 4 aromatic rings. The van der Waals surface area contributed by atoms with Crippen LogP contribution < -0.4 is 5.32 Å². The van der Waals surface area contributed by atoms with Crippen LogP contribution in [-0.4, -0.2) is 18.2 Å². The number of carbonyl (C=O) groups is 1. The number of hydrogen-bond acceptors (Lipinski definition) is 7. The summed E-state index contributed by atoms with van der Waals surface area (Å²) in [6, 6.07) is 29.9. The fourth-order valence-corrected chi connectivity index (χ4v) is 3.77. The normalized spacial score (nSPS) is 12.0. The molecule has 4 rings (SSSR count). The van der Waals surface area contributed by atoms with Gasteiger partial charge < -0.3 is 14.6 Å². The highest BCUT2D eigenvalue weighted by Crippen LogP contribution is 2.40. The summed E-state index contributed by atoms with van der Waals surface area (Å²) in [5, 5.41) is 10.4. The average Bonchev–Trinajstić information content (AvgIpc) is 3.32. The zero-order valence-electron chi connectivity index (χ0n) is 17.3. The van der Waals surface area contributed by atoms with E-state index in [2.05, 4.69) is 20.4 Å². The number of ether oxygens (including phenoxy) is 1. The largest absolute Gasteiger partial charge is 0.467 e. The van der Waals surface area contributed by atoms with Crippen molar-refractivity contribution >= 4 is 11.8 Å². The SMILES string of the molecule is COC(=O)C(N=O)c1cc(NC(c2ccccc2)(c2ccccc2)c2ccccc2)no1. The molecule has 0 fully saturated rings. The van der Waals surface area contributed by atoms with Crippen molar-refractivity contribution in [2.24, 2.45) is 5.18 Å². The molecule has 0 amide bonds. The van der Waals surface area contributed by atoms with Crippen LogP contribution in [0.1, 0.15) is 28.5 Å². The number of anilines is 1. The fourth-order valence-electron chi connectivity index (χ4n) is 3.77. The molecule has 0 bridgehead atoms. The lowest BCUT2D eigenvalue weighted by molar-refractivity contribution is -0.142. The van der Waals surface area contributed by atoms with Crippen molar-refractivity contribution in [3.63, 3.8) is 0 Å². The molecule has 0 aliphatic carbocycles. The van der Waals surface area contributed by atoms with Gasteiger partial charge in [0.05, 0.1) is 7.11 Å². The van der Waals surface area contributed by atoms with Crippen LogP contribution in [0.15, 0.2) is 107 Å². The number of methoxy groups -OCH3 is 1. The van der Waals surface area contributed by atoms with Crippen LogP contribution in [0.4, 0.5) is 5.82 Å². The van der Waals surface area contributed by atoms with Gasteiger partial charge in [-0.1, -0.05) is 96.2 Å². The van der Waals surface area contributed by atoms with Crippen LogP contribution >= 0.6 is 0 Å². The molecule has 0 saturated heterocycles. The molecule has 1 atom stereocenters. The van der Waals surface area contributed by atoms with E-state index >= 15 is 0 Å². The van der Waals surface area contributed by atoms with Crippen LogP contribution in [0.25, 0.3) is 0 Å². The molecule has 3 aromatic carbocycles. The summed E-state index contributed by atoms with van der Waals surface area (Å²) < 4.78 is 9.92. The van der Waals surface area contributed by atoms with E-state index < -0.39 is 17.6 Å². The Kier molecular flexibility index (Phi) is 6.07. The molecule has 1 unspecified atom stereocenters.